The van der Waals surface area contributed by atoms with Crippen molar-refractivity contribution in [2.75, 3.05) is 11.1 Å². The number of thioether (sulfide) groups is 1. The first-order valence-corrected chi connectivity index (χ1v) is 10.5. The van der Waals surface area contributed by atoms with Crippen LogP contribution in [0, 0.1) is 0 Å². The van der Waals surface area contributed by atoms with Crippen LogP contribution in [0.15, 0.2) is 71.3 Å². The van der Waals surface area contributed by atoms with E-state index in [1.165, 1.54) is 6.92 Å². The zero-order chi connectivity index (χ0) is 21.1. The number of furan rings is 1. The summed E-state index contributed by atoms with van der Waals surface area (Å²) in [6, 6.07) is 17.7. The second-order valence-electron chi connectivity index (χ2n) is 6.98. The maximum Gasteiger partial charge on any atom is 0.255 e. The van der Waals surface area contributed by atoms with Gasteiger partial charge in [-0.3, -0.25) is 14.4 Å². The third kappa shape index (κ3) is 4.31. The van der Waals surface area contributed by atoms with Gasteiger partial charge < -0.3 is 14.6 Å². The van der Waals surface area contributed by atoms with Crippen LogP contribution in [-0.4, -0.2) is 28.3 Å². The fraction of sp³-hybridized carbons (Fsp3) is 0.174. The number of hydrogen-bond donors (Lipinski definition) is 1. The van der Waals surface area contributed by atoms with E-state index in [-0.39, 0.29) is 23.0 Å². The Morgan fingerprint density at radius 2 is 1.90 bits per heavy atom. The molecule has 1 fully saturated rings. The zero-order valence-corrected chi connectivity index (χ0v) is 17.1. The van der Waals surface area contributed by atoms with Gasteiger partial charge in [-0.1, -0.05) is 24.3 Å². The van der Waals surface area contributed by atoms with Crippen molar-refractivity contribution in [2.45, 2.75) is 18.8 Å². The molecule has 152 valence electrons. The number of carbonyl (C=O) groups excluding carboxylic acids is 3. The maximum atomic E-state index is 12.6. The summed E-state index contributed by atoms with van der Waals surface area (Å²) < 4.78 is 5.38. The fourth-order valence-corrected chi connectivity index (χ4v) is 4.48. The lowest BCUT2D eigenvalue weighted by atomic mass is 10.1. The third-order valence-electron chi connectivity index (χ3n) is 4.86. The van der Waals surface area contributed by atoms with Gasteiger partial charge in [0.15, 0.2) is 5.78 Å². The summed E-state index contributed by atoms with van der Waals surface area (Å²) in [5.41, 5.74) is 2.56. The molecule has 0 aliphatic carbocycles. The Morgan fingerprint density at radius 1 is 1.10 bits per heavy atom. The number of nitrogens with zero attached hydrogens (tertiary/aromatic N) is 1. The van der Waals surface area contributed by atoms with Gasteiger partial charge in [0.25, 0.3) is 5.91 Å². The highest BCUT2D eigenvalue weighted by atomic mass is 32.2. The van der Waals surface area contributed by atoms with Gasteiger partial charge in [-0.15, -0.1) is 11.8 Å². The van der Waals surface area contributed by atoms with E-state index < -0.39 is 0 Å². The first kappa shape index (κ1) is 20.0. The number of Topliss-reactive ketones (excluding diaryl/α,β-unsaturated/α-hetero) is 1. The standard InChI is InChI=1S/C23H20N2O4S/c1-15(26)18-4-2-5-19(12-18)24-22(28)16-7-9-17(10-8-16)23-25(21(27)14-30-23)13-20-6-3-11-29-20/h2-12,23H,13-14H2,1H3,(H,24,28). The lowest BCUT2D eigenvalue weighted by molar-refractivity contribution is -0.128. The fourth-order valence-electron chi connectivity index (χ4n) is 3.29. The Kier molecular flexibility index (Phi) is 5.72. The monoisotopic (exact) mass is 420 g/mol. The molecule has 2 heterocycles. The molecule has 0 radical (unpaired) electrons. The molecule has 0 bridgehead atoms. The van der Waals surface area contributed by atoms with Gasteiger partial charge in [0.1, 0.15) is 11.1 Å². The molecule has 0 spiro atoms. The normalized spacial score (nSPS) is 16.0. The molecular formula is C23H20N2O4S. The number of anilines is 1. The van der Waals surface area contributed by atoms with Crippen LogP contribution in [0.1, 0.15) is 44.3 Å². The Morgan fingerprint density at radius 3 is 2.60 bits per heavy atom. The van der Waals surface area contributed by atoms with Gasteiger partial charge in [-0.25, -0.2) is 0 Å². The number of amides is 2. The topological polar surface area (TPSA) is 79.6 Å². The molecule has 30 heavy (non-hydrogen) atoms. The van der Waals surface area contributed by atoms with E-state index in [4.69, 9.17) is 4.42 Å². The van der Waals surface area contributed by atoms with Gasteiger partial charge in [0.2, 0.25) is 5.91 Å². The molecule has 1 aromatic heterocycles. The van der Waals surface area contributed by atoms with Crippen molar-refractivity contribution in [2.24, 2.45) is 0 Å². The van der Waals surface area contributed by atoms with E-state index in [1.807, 2.05) is 18.2 Å². The smallest absolute Gasteiger partial charge is 0.255 e. The largest absolute Gasteiger partial charge is 0.467 e. The van der Waals surface area contributed by atoms with Gasteiger partial charge in [-0.2, -0.15) is 0 Å². The molecule has 1 unspecified atom stereocenters. The van der Waals surface area contributed by atoms with Crippen LogP contribution < -0.4 is 5.32 Å². The van der Waals surface area contributed by atoms with Crippen LogP contribution in [0.2, 0.25) is 0 Å². The predicted molar refractivity (Wildman–Crippen MR) is 115 cm³/mol. The first-order valence-electron chi connectivity index (χ1n) is 9.47. The summed E-state index contributed by atoms with van der Waals surface area (Å²) in [4.78, 5) is 38.2. The van der Waals surface area contributed by atoms with Crippen molar-refractivity contribution in [3.05, 3.63) is 89.4 Å². The SMILES string of the molecule is CC(=O)c1cccc(NC(=O)c2ccc(C3SCC(=O)N3Cc3ccco3)cc2)c1. The summed E-state index contributed by atoms with van der Waals surface area (Å²) in [6.45, 7) is 1.90. The molecule has 7 heteroatoms. The minimum Gasteiger partial charge on any atom is -0.467 e. The van der Waals surface area contributed by atoms with E-state index in [1.54, 1.807) is 65.4 Å². The molecule has 2 aromatic carbocycles. The Bertz CT molecular complexity index is 1080. The zero-order valence-electron chi connectivity index (χ0n) is 16.3. The summed E-state index contributed by atoms with van der Waals surface area (Å²) in [5, 5.41) is 2.70. The average molecular weight is 420 g/mol. The number of rotatable bonds is 6. The summed E-state index contributed by atoms with van der Waals surface area (Å²) in [7, 11) is 0. The molecule has 1 aliphatic rings. The maximum absolute atomic E-state index is 12.6. The predicted octanol–water partition coefficient (Wildman–Crippen LogP) is 4.51. The molecule has 1 N–H and O–H groups in total. The first-order chi connectivity index (χ1) is 14.5. The summed E-state index contributed by atoms with van der Waals surface area (Å²) in [6.07, 6.45) is 1.59. The van der Waals surface area contributed by atoms with Crippen molar-refractivity contribution in [3.8, 4) is 0 Å². The lowest BCUT2D eigenvalue weighted by Crippen LogP contribution is -2.27. The highest BCUT2D eigenvalue weighted by Crippen LogP contribution is 2.39. The van der Waals surface area contributed by atoms with Crippen LogP contribution >= 0.6 is 11.8 Å². The number of carbonyl (C=O) groups is 3. The van der Waals surface area contributed by atoms with E-state index in [2.05, 4.69) is 5.32 Å². The second kappa shape index (κ2) is 8.59. The molecule has 1 saturated heterocycles. The van der Waals surface area contributed by atoms with E-state index in [9.17, 15) is 14.4 Å². The highest BCUT2D eigenvalue weighted by molar-refractivity contribution is 8.00. The Labute approximate surface area is 178 Å². The molecule has 0 saturated carbocycles. The minimum atomic E-state index is -0.259. The van der Waals surface area contributed by atoms with Crippen LogP contribution in [0.5, 0.6) is 0 Å². The van der Waals surface area contributed by atoms with E-state index in [0.717, 1.165) is 11.3 Å². The van der Waals surface area contributed by atoms with Crippen molar-refractivity contribution in [3.63, 3.8) is 0 Å². The van der Waals surface area contributed by atoms with Crippen LogP contribution in [0.25, 0.3) is 0 Å². The van der Waals surface area contributed by atoms with Crippen molar-refractivity contribution in [1.29, 1.82) is 0 Å². The second-order valence-corrected chi connectivity index (χ2v) is 8.05. The molecule has 1 aliphatic heterocycles. The van der Waals surface area contributed by atoms with E-state index >= 15 is 0 Å². The molecular weight excluding hydrogens is 400 g/mol. The van der Waals surface area contributed by atoms with Crippen LogP contribution in [0.4, 0.5) is 5.69 Å². The number of ketones is 1. The van der Waals surface area contributed by atoms with Crippen molar-refractivity contribution >= 4 is 35.0 Å². The van der Waals surface area contributed by atoms with Gasteiger partial charge in [0, 0.05) is 16.8 Å². The van der Waals surface area contributed by atoms with Gasteiger partial charge in [0.05, 0.1) is 18.6 Å². The molecule has 2 amide bonds. The van der Waals surface area contributed by atoms with Crippen LogP contribution in [-0.2, 0) is 11.3 Å². The lowest BCUT2D eigenvalue weighted by Gasteiger charge is -2.23. The Balaban J connectivity index is 1.47. The quantitative estimate of drug-likeness (QED) is 0.594. The minimum absolute atomic E-state index is 0.0573. The number of nitrogens with one attached hydrogen (secondary N) is 1. The van der Waals surface area contributed by atoms with Crippen molar-refractivity contribution < 1.29 is 18.8 Å². The Hall–Kier alpha value is -3.32. The average Bonchev–Trinajstić information content (AvgIpc) is 3.39. The molecule has 6 nitrogen and oxygen atoms in total. The number of benzene rings is 2. The molecule has 1 atom stereocenters. The summed E-state index contributed by atoms with van der Waals surface area (Å²) >= 11 is 1.56. The highest BCUT2D eigenvalue weighted by Gasteiger charge is 2.33. The molecule has 3 aromatic rings. The van der Waals surface area contributed by atoms with Crippen molar-refractivity contribution in [1.82, 2.24) is 4.90 Å². The number of hydrogen-bond acceptors (Lipinski definition) is 5. The van der Waals surface area contributed by atoms with Gasteiger partial charge >= 0.3 is 0 Å². The summed E-state index contributed by atoms with van der Waals surface area (Å²) in [5.74, 6) is 0.899. The van der Waals surface area contributed by atoms with Gasteiger partial charge in [-0.05, 0) is 48.9 Å². The van der Waals surface area contributed by atoms with E-state index in [0.29, 0.717) is 29.1 Å². The molecule has 4 rings (SSSR count). The van der Waals surface area contributed by atoms with Crippen LogP contribution in [0.3, 0.4) is 0 Å². The third-order valence-corrected chi connectivity index (χ3v) is 6.12.